The average Bonchev–Trinajstić information content (AvgIpc) is 3.01. The number of amides is 1. The van der Waals surface area contributed by atoms with E-state index in [1.54, 1.807) is 6.92 Å². The van der Waals surface area contributed by atoms with Crippen LogP contribution >= 0.6 is 0 Å². The number of benzene rings is 1. The Labute approximate surface area is 114 Å². The average molecular weight is 253 g/mol. The molecule has 1 heterocycles. The molecule has 0 bridgehead atoms. The van der Waals surface area contributed by atoms with E-state index >= 15 is 0 Å². The lowest BCUT2D eigenvalue weighted by atomic mass is 9.73. The van der Waals surface area contributed by atoms with E-state index in [9.17, 15) is 4.79 Å². The van der Waals surface area contributed by atoms with Crippen LogP contribution in [0.4, 0.5) is 5.69 Å². The zero-order valence-corrected chi connectivity index (χ0v) is 11.5. The molecule has 1 aliphatic heterocycles. The minimum atomic E-state index is 0.182. The Bertz CT molecular complexity index is 605. The fraction of sp³-hybridized carbons (Fsp3) is 0.471. The summed E-state index contributed by atoms with van der Waals surface area (Å²) in [5.41, 5.74) is 2.93. The van der Waals surface area contributed by atoms with Gasteiger partial charge < -0.3 is 4.90 Å². The second-order valence-corrected chi connectivity index (χ2v) is 6.45. The topological polar surface area (TPSA) is 20.3 Å². The van der Waals surface area contributed by atoms with Gasteiger partial charge in [-0.1, -0.05) is 37.3 Å². The third-order valence-corrected chi connectivity index (χ3v) is 5.57. The lowest BCUT2D eigenvalue weighted by Gasteiger charge is -2.45. The first kappa shape index (κ1) is 11.3. The molecule has 1 aromatic rings. The van der Waals surface area contributed by atoms with E-state index in [1.807, 2.05) is 6.07 Å². The molecular formula is C17H19NO. The molecule has 0 radical (unpaired) electrons. The van der Waals surface area contributed by atoms with Gasteiger partial charge in [0.25, 0.3) is 0 Å². The molecule has 0 saturated heterocycles. The van der Waals surface area contributed by atoms with Crippen LogP contribution in [-0.2, 0) is 10.2 Å². The molecule has 98 valence electrons. The summed E-state index contributed by atoms with van der Waals surface area (Å²) < 4.78 is 0. The molecule has 1 saturated carbocycles. The first-order valence-corrected chi connectivity index (χ1v) is 7.17. The van der Waals surface area contributed by atoms with Crippen LogP contribution in [0.5, 0.6) is 0 Å². The molecule has 2 aliphatic carbocycles. The Morgan fingerprint density at radius 1 is 1.37 bits per heavy atom. The third kappa shape index (κ3) is 1.15. The van der Waals surface area contributed by atoms with Gasteiger partial charge in [-0.05, 0) is 30.9 Å². The van der Waals surface area contributed by atoms with Crippen LogP contribution in [-0.4, -0.2) is 11.9 Å². The molecule has 4 rings (SSSR count). The number of anilines is 1. The van der Waals surface area contributed by atoms with E-state index in [0.717, 1.165) is 18.5 Å². The van der Waals surface area contributed by atoms with E-state index in [0.29, 0.717) is 6.04 Å². The predicted octanol–water partition coefficient (Wildman–Crippen LogP) is 3.42. The van der Waals surface area contributed by atoms with E-state index < -0.39 is 0 Å². The van der Waals surface area contributed by atoms with Crippen molar-refractivity contribution in [3.05, 3.63) is 42.0 Å². The van der Waals surface area contributed by atoms with Crippen molar-refractivity contribution in [2.75, 3.05) is 4.90 Å². The monoisotopic (exact) mass is 253 g/mol. The summed E-state index contributed by atoms with van der Waals surface area (Å²) in [6.07, 6.45) is 8.08. The van der Waals surface area contributed by atoms with E-state index in [4.69, 9.17) is 0 Å². The summed E-state index contributed by atoms with van der Waals surface area (Å²) in [4.78, 5) is 14.2. The zero-order valence-electron chi connectivity index (χ0n) is 11.5. The van der Waals surface area contributed by atoms with Crippen molar-refractivity contribution < 1.29 is 4.79 Å². The second-order valence-electron chi connectivity index (χ2n) is 6.45. The van der Waals surface area contributed by atoms with Gasteiger partial charge in [0.15, 0.2) is 0 Å². The molecule has 0 N–H and O–H groups in total. The van der Waals surface area contributed by atoms with Gasteiger partial charge in [-0.15, -0.1) is 0 Å². The fourth-order valence-electron chi connectivity index (χ4n) is 4.60. The number of carbonyl (C=O) groups is 1. The minimum absolute atomic E-state index is 0.182. The van der Waals surface area contributed by atoms with Crippen molar-refractivity contribution in [3.63, 3.8) is 0 Å². The SMILES string of the molecule is CC(=O)N1c2ccccc2[C@@]2(C)C[C@]23C=CCC[C@H]13. The third-order valence-electron chi connectivity index (χ3n) is 5.57. The van der Waals surface area contributed by atoms with Crippen LogP contribution in [0, 0.1) is 5.41 Å². The Hall–Kier alpha value is -1.57. The quantitative estimate of drug-likeness (QED) is 0.649. The second kappa shape index (κ2) is 3.30. The van der Waals surface area contributed by atoms with E-state index in [-0.39, 0.29) is 16.7 Å². The Morgan fingerprint density at radius 2 is 2.16 bits per heavy atom. The van der Waals surface area contributed by atoms with Gasteiger partial charge in [-0.2, -0.15) is 0 Å². The van der Waals surface area contributed by atoms with Crippen LogP contribution in [0.1, 0.15) is 38.7 Å². The highest BCUT2D eigenvalue weighted by Gasteiger charge is 2.71. The number of fused-ring (bicyclic) bond motifs is 2. The van der Waals surface area contributed by atoms with E-state index in [1.165, 1.54) is 12.0 Å². The van der Waals surface area contributed by atoms with Gasteiger partial charge >= 0.3 is 0 Å². The van der Waals surface area contributed by atoms with Gasteiger partial charge in [0.1, 0.15) is 0 Å². The highest BCUT2D eigenvalue weighted by Crippen LogP contribution is 2.73. The van der Waals surface area contributed by atoms with Gasteiger partial charge in [-0.3, -0.25) is 4.79 Å². The Morgan fingerprint density at radius 3 is 2.95 bits per heavy atom. The maximum atomic E-state index is 12.2. The summed E-state index contributed by atoms with van der Waals surface area (Å²) in [5, 5.41) is 0. The zero-order chi connectivity index (χ0) is 13.3. The van der Waals surface area contributed by atoms with Crippen molar-refractivity contribution in [1.82, 2.24) is 0 Å². The molecule has 1 fully saturated rings. The number of hydrogen-bond acceptors (Lipinski definition) is 1. The normalized spacial score (nSPS) is 38.2. The van der Waals surface area contributed by atoms with Crippen LogP contribution in [0.2, 0.25) is 0 Å². The number of allylic oxidation sites excluding steroid dienone is 1. The van der Waals surface area contributed by atoms with E-state index in [2.05, 4.69) is 42.2 Å². The van der Waals surface area contributed by atoms with Gasteiger partial charge in [0.2, 0.25) is 5.91 Å². The number of hydrogen-bond donors (Lipinski definition) is 0. The van der Waals surface area contributed by atoms with Crippen LogP contribution in [0.25, 0.3) is 0 Å². The molecule has 3 aliphatic rings. The number of rotatable bonds is 0. The van der Waals surface area contributed by atoms with Crippen molar-refractivity contribution >= 4 is 11.6 Å². The van der Waals surface area contributed by atoms with Crippen LogP contribution < -0.4 is 4.90 Å². The maximum absolute atomic E-state index is 12.2. The maximum Gasteiger partial charge on any atom is 0.224 e. The number of nitrogens with zero attached hydrogens (tertiary/aromatic N) is 1. The summed E-state index contributed by atoms with van der Waals surface area (Å²) in [5.74, 6) is 0.182. The first-order chi connectivity index (χ1) is 9.10. The van der Waals surface area contributed by atoms with Gasteiger partial charge in [-0.25, -0.2) is 0 Å². The lowest BCUT2D eigenvalue weighted by Crippen LogP contribution is -2.51. The standard InChI is InChI=1S/C17H19NO/c1-12(19)18-14-8-4-3-7-13(14)16(2)11-17(16)10-6-5-9-15(17)18/h3-4,6-8,10,15H,5,9,11H2,1-2H3/t15-,16+,17-/m0/s1. The lowest BCUT2D eigenvalue weighted by molar-refractivity contribution is -0.117. The number of para-hydroxylation sites is 1. The smallest absolute Gasteiger partial charge is 0.224 e. The Balaban J connectivity index is 1.98. The molecule has 1 aromatic carbocycles. The molecule has 0 aromatic heterocycles. The first-order valence-electron chi connectivity index (χ1n) is 7.17. The highest BCUT2D eigenvalue weighted by atomic mass is 16.2. The molecule has 2 nitrogen and oxygen atoms in total. The van der Waals surface area contributed by atoms with Crippen LogP contribution in [0.3, 0.4) is 0 Å². The van der Waals surface area contributed by atoms with Crippen LogP contribution in [0.15, 0.2) is 36.4 Å². The predicted molar refractivity (Wildman–Crippen MR) is 76.2 cm³/mol. The molecule has 2 heteroatoms. The summed E-state index contributed by atoms with van der Waals surface area (Å²) >= 11 is 0. The summed E-state index contributed by atoms with van der Waals surface area (Å²) in [6, 6.07) is 8.82. The summed E-state index contributed by atoms with van der Waals surface area (Å²) in [7, 11) is 0. The highest BCUT2D eigenvalue weighted by molar-refractivity contribution is 5.95. The fourth-order valence-corrected chi connectivity index (χ4v) is 4.60. The largest absolute Gasteiger partial charge is 0.308 e. The number of carbonyl (C=O) groups excluding carboxylic acids is 1. The molecule has 1 spiro atoms. The molecule has 1 amide bonds. The molecule has 3 atom stereocenters. The molecule has 19 heavy (non-hydrogen) atoms. The minimum Gasteiger partial charge on any atom is -0.308 e. The van der Waals surface area contributed by atoms with Crippen molar-refractivity contribution in [1.29, 1.82) is 0 Å². The molecular weight excluding hydrogens is 234 g/mol. The van der Waals surface area contributed by atoms with Gasteiger partial charge in [0, 0.05) is 29.5 Å². The van der Waals surface area contributed by atoms with Gasteiger partial charge in [0.05, 0.1) is 0 Å². The Kier molecular flexibility index (Phi) is 1.96. The van der Waals surface area contributed by atoms with Crippen molar-refractivity contribution in [2.45, 2.75) is 44.6 Å². The van der Waals surface area contributed by atoms with Crippen molar-refractivity contribution in [3.8, 4) is 0 Å². The summed E-state index contributed by atoms with van der Waals surface area (Å²) in [6.45, 7) is 4.07. The van der Waals surface area contributed by atoms with Crippen molar-refractivity contribution in [2.24, 2.45) is 5.41 Å². The molecule has 0 unspecified atom stereocenters.